The zero-order valence-electron chi connectivity index (χ0n) is 9.93. The van der Waals surface area contributed by atoms with E-state index in [0.29, 0.717) is 18.9 Å². The lowest BCUT2D eigenvalue weighted by molar-refractivity contribution is 0.297. The zero-order valence-corrected chi connectivity index (χ0v) is 9.93. The molecular formula is C14H14N2O2. The maximum Gasteiger partial charge on any atom is 0.161 e. The van der Waals surface area contributed by atoms with Crippen LogP contribution >= 0.6 is 0 Å². The Labute approximate surface area is 105 Å². The minimum absolute atomic E-state index is 0.680. The minimum Gasteiger partial charge on any atom is -0.490 e. The molecule has 1 aliphatic rings. The largest absolute Gasteiger partial charge is 0.490 e. The highest BCUT2D eigenvalue weighted by Crippen LogP contribution is 2.35. The number of fused-ring (bicyclic) bond motifs is 1. The van der Waals surface area contributed by atoms with Crippen LogP contribution in [0.2, 0.25) is 0 Å². The quantitative estimate of drug-likeness (QED) is 0.834. The lowest BCUT2D eigenvalue weighted by atomic mass is 10.1. The lowest BCUT2D eigenvalue weighted by Crippen LogP contribution is -1.97. The molecule has 1 aromatic heterocycles. The first-order chi connectivity index (χ1) is 8.84. The second-order valence-corrected chi connectivity index (χ2v) is 4.17. The van der Waals surface area contributed by atoms with E-state index in [1.165, 1.54) is 0 Å². The molecule has 2 aromatic rings. The van der Waals surface area contributed by atoms with Crippen molar-refractivity contribution in [2.45, 2.75) is 6.42 Å². The number of nitrogens with two attached hydrogens (primary N) is 1. The Morgan fingerprint density at radius 3 is 2.72 bits per heavy atom. The SMILES string of the molecule is Nc1ccncc1-c1ccc2c(c1)OCCCO2. The van der Waals surface area contributed by atoms with E-state index in [0.717, 1.165) is 29.0 Å². The van der Waals surface area contributed by atoms with Crippen molar-refractivity contribution >= 4 is 5.69 Å². The third-order valence-electron chi connectivity index (χ3n) is 2.91. The molecule has 3 rings (SSSR count). The van der Waals surface area contributed by atoms with E-state index in [4.69, 9.17) is 15.2 Å². The van der Waals surface area contributed by atoms with Gasteiger partial charge in [0.1, 0.15) is 0 Å². The van der Waals surface area contributed by atoms with Crippen LogP contribution in [0, 0.1) is 0 Å². The molecule has 0 spiro atoms. The van der Waals surface area contributed by atoms with Gasteiger partial charge in [-0.25, -0.2) is 0 Å². The normalized spacial score (nSPS) is 14.0. The van der Waals surface area contributed by atoms with Crippen LogP contribution in [-0.4, -0.2) is 18.2 Å². The first-order valence-electron chi connectivity index (χ1n) is 5.94. The molecule has 4 heteroatoms. The molecule has 1 aliphatic heterocycles. The van der Waals surface area contributed by atoms with Crippen molar-refractivity contribution in [1.82, 2.24) is 4.98 Å². The van der Waals surface area contributed by atoms with Crippen molar-refractivity contribution in [1.29, 1.82) is 0 Å². The van der Waals surface area contributed by atoms with Gasteiger partial charge in [-0.2, -0.15) is 0 Å². The molecule has 0 saturated carbocycles. The van der Waals surface area contributed by atoms with Crippen molar-refractivity contribution < 1.29 is 9.47 Å². The highest BCUT2D eigenvalue weighted by atomic mass is 16.5. The summed E-state index contributed by atoms with van der Waals surface area (Å²) in [7, 11) is 0. The standard InChI is InChI=1S/C14H14N2O2/c15-12-4-5-16-9-11(12)10-2-3-13-14(8-10)18-7-1-6-17-13/h2-5,8-9H,1,6-7H2,(H2,15,16). The number of nitrogens with zero attached hydrogens (tertiary/aromatic N) is 1. The molecule has 0 bridgehead atoms. The Bertz CT molecular complexity index is 569. The van der Waals surface area contributed by atoms with Gasteiger partial charge in [0.15, 0.2) is 11.5 Å². The van der Waals surface area contributed by atoms with Gasteiger partial charge < -0.3 is 15.2 Å². The number of benzene rings is 1. The van der Waals surface area contributed by atoms with Crippen LogP contribution in [0.1, 0.15) is 6.42 Å². The number of rotatable bonds is 1. The molecule has 2 heterocycles. The molecule has 2 N–H and O–H groups in total. The van der Waals surface area contributed by atoms with E-state index in [1.54, 1.807) is 18.5 Å². The van der Waals surface area contributed by atoms with E-state index in [2.05, 4.69) is 4.98 Å². The van der Waals surface area contributed by atoms with Gasteiger partial charge in [-0.3, -0.25) is 4.98 Å². The van der Waals surface area contributed by atoms with Gasteiger partial charge >= 0.3 is 0 Å². The second kappa shape index (κ2) is 4.56. The molecule has 0 radical (unpaired) electrons. The molecule has 1 aromatic carbocycles. The Kier molecular flexibility index (Phi) is 2.76. The highest BCUT2D eigenvalue weighted by molar-refractivity contribution is 5.76. The van der Waals surface area contributed by atoms with Crippen LogP contribution in [0.3, 0.4) is 0 Å². The summed E-state index contributed by atoms with van der Waals surface area (Å²) in [6.07, 6.45) is 4.34. The number of nitrogen functional groups attached to an aromatic ring is 1. The van der Waals surface area contributed by atoms with E-state index in [-0.39, 0.29) is 0 Å². The average Bonchev–Trinajstić information content (AvgIpc) is 2.63. The third kappa shape index (κ3) is 1.97. The highest BCUT2D eigenvalue weighted by Gasteiger charge is 2.12. The van der Waals surface area contributed by atoms with Crippen LogP contribution < -0.4 is 15.2 Å². The van der Waals surface area contributed by atoms with Crippen LogP contribution in [0.4, 0.5) is 5.69 Å². The summed E-state index contributed by atoms with van der Waals surface area (Å²) in [6, 6.07) is 7.63. The molecule has 0 aliphatic carbocycles. The number of hydrogen-bond acceptors (Lipinski definition) is 4. The van der Waals surface area contributed by atoms with Crippen LogP contribution in [-0.2, 0) is 0 Å². The van der Waals surface area contributed by atoms with Gasteiger partial charge in [0.2, 0.25) is 0 Å². The minimum atomic E-state index is 0.680. The molecule has 18 heavy (non-hydrogen) atoms. The van der Waals surface area contributed by atoms with Gasteiger partial charge in [0.05, 0.1) is 13.2 Å². The smallest absolute Gasteiger partial charge is 0.161 e. The molecule has 4 nitrogen and oxygen atoms in total. The topological polar surface area (TPSA) is 57.4 Å². The van der Waals surface area contributed by atoms with Crippen LogP contribution in [0.15, 0.2) is 36.7 Å². The molecular weight excluding hydrogens is 228 g/mol. The van der Waals surface area contributed by atoms with E-state index < -0.39 is 0 Å². The van der Waals surface area contributed by atoms with E-state index >= 15 is 0 Å². The van der Waals surface area contributed by atoms with Crippen molar-refractivity contribution in [3.8, 4) is 22.6 Å². The summed E-state index contributed by atoms with van der Waals surface area (Å²) >= 11 is 0. The zero-order chi connectivity index (χ0) is 12.4. The third-order valence-corrected chi connectivity index (χ3v) is 2.91. The summed E-state index contributed by atoms with van der Waals surface area (Å²) in [6.45, 7) is 1.38. The fraction of sp³-hybridized carbons (Fsp3) is 0.214. The molecule has 0 unspecified atom stereocenters. The number of hydrogen-bond donors (Lipinski definition) is 1. The Hall–Kier alpha value is -2.23. The van der Waals surface area contributed by atoms with Gasteiger partial charge in [0, 0.05) is 30.1 Å². The van der Waals surface area contributed by atoms with Crippen molar-refractivity contribution in [2.24, 2.45) is 0 Å². The Morgan fingerprint density at radius 1 is 1.06 bits per heavy atom. The summed E-state index contributed by atoms with van der Waals surface area (Å²) < 4.78 is 11.3. The van der Waals surface area contributed by atoms with Crippen molar-refractivity contribution in [3.05, 3.63) is 36.7 Å². The molecule has 0 fully saturated rings. The first-order valence-corrected chi connectivity index (χ1v) is 5.94. The van der Waals surface area contributed by atoms with E-state index in [1.807, 2.05) is 18.2 Å². The molecule has 0 saturated heterocycles. The number of anilines is 1. The van der Waals surface area contributed by atoms with Gasteiger partial charge in [0.25, 0.3) is 0 Å². The van der Waals surface area contributed by atoms with Crippen molar-refractivity contribution in [2.75, 3.05) is 18.9 Å². The summed E-state index contributed by atoms with van der Waals surface area (Å²) in [5.41, 5.74) is 8.56. The fourth-order valence-corrected chi connectivity index (χ4v) is 1.98. The van der Waals surface area contributed by atoms with Gasteiger partial charge in [-0.1, -0.05) is 6.07 Å². The number of pyridine rings is 1. The molecule has 0 atom stereocenters. The predicted octanol–water partition coefficient (Wildman–Crippen LogP) is 2.49. The van der Waals surface area contributed by atoms with Crippen molar-refractivity contribution in [3.63, 3.8) is 0 Å². The lowest BCUT2D eigenvalue weighted by Gasteiger charge is -2.10. The molecule has 0 amide bonds. The first kappa shape index (κ1) is 10.9. The van der Waals surface area contributed by atoms with Gasteiger partial charge in [-0.15, -0.1) is 0 Å². The second-order valence-electron chi connectivity index (χ2n) is 4.17. The summed E-state index contributed by atoms with van der Waals surface area (Å²) in [5.74, 6) is 1.56. The summed E-state index contributed by atoms with van der Waals surface area (Å²) in [4.78, 5) is 4.10. The molecule has 92 valence electrons. The predicted molar refractivity (Wildman–Crippen MR) is 69.7 cm³/mol. The maximum absolute atomic E-state index is 5.95. The Morgan fingerprint density at radius 2 is 1.89 bits per heavy atom. The number of ether oxygens (including phenoxy) is 2. The maximum atomic E-state index is 5.95. The van der Waals surface area contributed by atoms with Gasteiger partial charge in [-0.05, 0) is 23.8 Å². The summed E-state index contributed by atoms with van der Waals surface area (Å²) in [5, 5.41) is 0. The average molecular weight is 242 g/mol. The monoisotopic (exact) mass is 242 g/mol. The van der Waals surface area contributed by atoms with Crippen LogP contribution in [0.5, 0.6) is 11.5 Å². The fourth-order valence-electron chi connectivity index (χ4n) is 1.98. The van der Waals surface area contributed by atoms with Crippen LogP contribution in [0.25, 0.3) is 11.1 Å². The number of aromatic nitrogens is 1. The Balaban J connectivity index is 2.04. The van der Waals surface area contributed by atoms with E-state index in [9.17, 15) is 0 Å².